The first-order valence-electron chi connectivity index (χ1n) is 6.73. The zero-order chi connectivity index (χ0) is 15.2. The number of benzene rings is 1. The molecule has 0 aliphatic rings. The number of amides is 1. The van der Waals surface area contributed by atoms with Gasteiger partial charge in [0, 0.05) is 17.8 Å². The summed E-state index contributed by atoms with van der Waals surface area (Å²) in [4.78, 5) is 11.9. The van der Waals surface area contributed by atoms with Crippen LogP contribution in [0.4, 0.5) is 5.69 Å². The maximum absolute atomic E-state index is 11.9. The van der Waals surface area contributed by atoms with Gasteiger partial charge in [-0.25, -0.2) is 8.42 Å². The molecule has 0 saturated carbocycles. The third-order valence-electron chi connectivity index (χ3n) is 2.54. The lowest BCUT2D eigenvalue weighted by Crippen LogP contribution is -2.27. The Labute approximate surface area is 120 Å². The number of carbonyl (C=O) groups excluding carboxylic acids is 1. The first-order valence-corrected chi connectivity index (χ1v) is 8.38. The minimum Gasteiger partial charge on any atom is -0.352 e. The van der Waals surface area contributed by atoms with Crippen molar-refractivity contribution in [1.29, 1.82) is 0 Å². The van der Waals surface area contributed by atoms with Crippen LogP contribution in [0.5, 0.6) is 0 Å². The lowest BCUT2D eigenvalue weighted by Gasteiger charge is -2.10. The van der Waals surface area contributed by atoms with E-state index >= 15 is 0 Å². The highest BCUT2D eigenvalue weighted by Crippen LogP contribution is 2.13. The summed E-state index contributed by atoms with van der Waals surface area (Å²) in [5.41, 5.74) is 0.859. The lowest BCUT2D eigenvalue weighted by molar-refractivity contribution is 0.0949. The van der Waals surface area contributed by atoms with E-state index in [1.165, 1.54) is 0 Å². The Morgan fingerprint density at radius 2 is 2.00 bits per heavy atom. The van der Waals surface area contributed by atoms with E-state index in [4.69, 9.17) is 0 Å². The predicted octanol–water partition coefficient (Wildman–Crippen LogP) is 2.22. The van der Waals surface area contributed by atoms with Crippen LogP contribution < -0.4 is 10.0 Å². The first-order chi connectivity index (χ1) is 9.34. The molecule has 0 atom stereocenters. The van der Waals surface area contributed by atoms with Crippen molar-refractivity contribution in [3.05, 3.63) is 29.8 Å². The maximum Gasteiger partial charge on any atom is 0.251 e. The molecule has 0 aliphatic heterocycles. The molecule has 0 bridgehead atoms. The molecule has 0 heterocycles. The second-order valence-electron chi connectivity index (χ2n) is 5.11. The molecule has 1 aromatic rings. The van der Waals surface area contributed by atoms with Gasteiger partial charge in [-0.2, -0.15) is 0 Å². The summed E-state index contributed by atoms with van der Waals surface area (Å²) < 4.78 is 25.8. The van der Waals surface area contributed by atoms with E-state index in [1.807, 2.05) is 13.8 Å². The van der Waals surface area contributed by atoms with Crippen molar-refractivity contribution in [3.63, 3.8) is 0 Å². The molecule has 0 spiro atoms. The predicted molar refractivity (Wildman–Crippen MR) is 81.3 cm³/mol. The van der Waals surface area contributed by atoms with Gasteiger partial charge in [-0.1, -0.05) is 26.8 Å². The number of rotatable bonds is 7. The van der Waals surface area contributed by atoms with E-state index in [0.717, 1.165) is 0 Å². The lowest BCUT2D eigenvalue weighted by atomic mass is 10.1. The zero-order valence-corrected chi connectivity index (χ0v) is 13.0. The van der Waals surface area contributed by atoms with Crippen molar-refractivity contribution in [1.82, 2.24) is 5.32 Å². The molecule has 5 nitrogen and oxygen atoms in total. The Bertz CT molecular complexity index is 553. The SMILES string of the molecule is CCCS(=O)(=O)Nc1cccc(C(=O)NCC(C)C)c1. The highest BCUT2D eigenvalue weighted by molar-refractivity contribution is 7.92. The van der Waals surface area contributed by atoms with Crippen LogP contribution in [-0.4, -0.2) is 26.6 Å². The van der Waals surface area contributed by atoms with Gasteiger partial charge < -0.3 is 5.32 Å². The molecule has 0 radical (unpaired) electrons. The molecule has 0 fully saturated rings. The van der Waals surface area contributed by atoms with Gasteiger partial charge in [0.1, 0.15) is 0 Å². The Balaban J connectivity index is 2.78. The molecular formula is C14H22N2O3S. The zero-order valence-electron chi connectivity index (χ0n) is 12.1. The quantitative estimate of drug-likeness (QED) is 0.810. The summed E-state index contributed by atoms with van der Waals surface area (Å²) in [7, 11) is -3.33. The molecule has 20 heavy (non-hydrogen) atoms. The molecule has 0 aromatic heterocycles. The van der Waals surface area contributed by atoms with Gasteiger partial charge in [0.05, 0.1) is 5.75 Å². The van der Waals surface area contributed by atoms with Gasteiger partial charge >= 0.3 is 0 Å². The van der Waals surface area contributed by atoms with E-state index < -0.39 is 10.0 Å². The molecule has 112 valence electrons. The van der Waals surface area contributed by atoms with Gasteiger partial charge in [0.25, 0.3) is 5.91 Å². The summed E-state index contributed by atoms with van der Waals surface area (Å²) in [5.74, 6) is 0.233. The Hall–Kier alpha value is -1.56. The number of carbonyl (C=O) groups is 1. The number of hydrogen-bond acceptors (Lipinski definition) is 3. The summed E-state index contributed by atoms with van der Waals surface area (Å²) in [5, 5.41) is 2.80. The third-order valence-corrected chi connectivity index (χ3v) is 4.03. The minimum absolute atomic E-state index is 0.0662. The highest BCUT2D eigenvalue weighted by Gasteiger charge is 2.11. The van der Waals surface area contributed by atoms with Crippen molar-refractivity contribution in [3.8, 4) is 0 Å². The largest absolute Gasteiger partial charge is 0.352 e. The van der Waals surface area contributed by atoms with Crippen molar-refractivity contribution < 1.29 is 13.2 Å². The maximum atomic E-state index is 11.9. The molecule has 0 saturated heterocycles. The van der Waals surface area contributed by atoms with Crippen LogP contribution in [-0.2, 0) is 10.0 Å². The van der Waals surface area contributed by atoms with Gasteiger partial charge in [-0.3, -0.25) is 9.52 Å². The fourth-order valence-electron chi connectivity index (χ4n) is 1.62. The van der Waals surface area contributed by atoms with Crippen LogP contribution in [0.15, 0.2) is 24.3 Å². The van der Waals surface area contributed by atoms with Crippen LogP contribution in [0.1, 0.15) is 37.6 Å². The minimum atomic E-state index is -3.33. The van der Waals surface area contributed by atoms with E-state index in [2.05, 4.69) is 10.0 Å². The van der Waals surface area contributed by atoms with Crippen LogP contribution in [0.25, 0.3) is 0 Å². The highest BCUT2D eigenvalue weighted by atomic mass is 32.2. The third kappa shape index (κ3) is 5.61. The molecule has 6 heteroatoms. The van der Waals surface area contributed by atoms with Crippen LogP contribution in [0.3, 0.4) is 0 Å². The van der Waals surface area contributed by atoms with E-state index in [9.17, 15) is 13.2 Å². The summed E-state index contributed by atoms with van der Waals surface area (Å²) in [6.45, 7) is 6.41. The number of sulfonamides is 1. The van der Waals surface area contributed by atoms with Gasteiger partial charge in [0.2, 0.25) is 10.0 Å². The fourth-order valence-corrected chi connectivity index (χ4v) is 2.75. The van der Waals surface area contributed by atoms with Crippen molar-refractivity contribution >= 4 is 21.6 Å². The van der Waals surface area contributed by atoms with Crippen LogP contribution in [0, 0.1) is 5.92 Å². The number of hydrogen-bond donors (Lipinski definition) is 2. The Kier molecular flexibility index (Phi) is 6.01. The average molecular weight is 298 g/mol. The topological polar surface area (TPSA) is 75.3 Å². The number of anilines is 1. The van der Waals surface area contributed by atoms with E-state index in [-0.39, 0.29) is 11.7 Å². The standard InChI is InChI=1S/C14H22N2O3S/c1-4-8-20(18,19)16-13-7-5-6-12(9-13)14(17)15-10-11(2)3/h5-7,9,11,16H,4,8,10H2,1-3H3,(H,15,17). The molecule has 2 N–H and O–H groups in total. The normalized spacial score (nSPS) is 11.4. The molecule has 1 amide bonds. The van der Waals surface area contributed by atoms with Gasteiger partial charge in [-0.15, -0.1) is 0 Å². The van der Waals surface area contributed by atoms with Gasteiger partial charge in [-0.05, 0) is 30.5 Å². The second-order valence-corrected chi connectivity index (χ2v) is 6.95. The van der Waals surface area contributed by atoms with E-state index in [1.54, 1.807) is 31.2 Å². The summed E-state index contributed by atoms with van der Waals surface area (Å²) in [6.07, 6.45) is 0.546. The monoisotopic (exact) mass is 298 g/mol. The Morgan fingerprint density at radius 3 is 2.60 bits per heavy atom. The molecule has 0 aliphatic carbocycles. The molecule has 1 aromatic carbocycles. The van der Waals surface area contributed by atoms with Gasteiger partial charge in [0.15, 0.2) is 0 Å². The second kappa shape index (κ2) is 7.28. The number of nitrogens with one attached hydrogen (secondary N) is 2. The van der Waals surface area contributed by atoms with Crippen molar-refractivity contribution in [2.45, 2.75) is 27.2 Å². The van der Waals surface area contributed by atoms with E-state index in [0.29, 0.717) is 30.1 Å². The average Bonchev–Trinajstić information content (AvgIpc) is 2.35. The van der Waals surface area contributed by atoms with Crippen molar-refractivity contribution in [2.24, 2.45) is 5.92 Å². The summed E-state index contributed by atoms with van der Waals surface area (Å²) in [6, 6.07) is 6.50. The molecule has 0 unspecified atom stereocenters. The fraction of sp³-hybridized carbons (Fsp3) is 0.500. The van der Waals surface area contributed by atoms with Crippen molar-refractivity contribution in [2.75, 3.05) is 17.0 Å². The van der Waals surface area contributed by atoms with Crippen LogP contribution in [0.2, 0.25) is 0 Å². The molecule has 1 rings (SSSR count). The molecular weight excluding hydrogens is 276 g/mol. The summed E-state index contributed by atoms with van der Waals surface area (Å²) >= 11 is 0. The van der Waals surface area contributed by atoms with Crippen LogP contribution >= 0.6 is 0 Å². The Morgan fingerprint density at radius 1 is 1.30 bits per heavy atom. The first kappa shape index (κ1) is 16.5. The smallest absolute Gasteiger partial charge is 0.251 e.